The first kappa shape index (κ1) is 11.2. The van der Waals surface area contributed by atoms with E-state index in [0.29, 0.717) is 0 Å². The summed E-state index contributed by atoms with van der Waals surface area (Å²) in [5.41, 5.74) is 0. The Morgan fingerprint density at radius 2 is 2.25 bits per heavy atom. The van der Waals surface area contributed by atoms with Crippen molar-refractivity contribution in [2.45, 2.75) is 26.7 Å². The van der Waals surface area contributed by atoms with Crippen molar-refractivity contribution in [1.82, 2.24) is 4.98 Å². The number of aryl methyl sites for hydroxylation is 1. The maximum Gasteiger partial charge on any atom is 0.193 e. The van der Waals surface area contributed by atoms with E-state index in [9.17, 15) is 0 Å². The molecular weight excluding hydrogens is 154 g/mol. The van der Waals surface area contributed by atoms with Crippen molar-refractivity contribution in [1.29, 1.82) is 0 Å². The fourth-order valence-corrected chi connectivity index (χ4v) is 0.744. The van der Waals surface area contributed by atoms with Crippen LogP contribution < -0.4 is 0 Å². The molecule has 12 heavy (non-hydrogen) atoms. The fourth-order valence-electron chi connectivity index (χ4n) is 0.744. The van der Waals surface area contributed by atoms with Gasteiger partial charge < -0.3 is 9.15 Å². The average molecular weight is 171 g/mol. The monoisotopic (exact) mass is 171 g/mol. The zero-order valence-electron chi connectivity index (χ0n) is 8.04. The molecule has 1 heterocycles. The molecule has 1 rings (SSSR count). The average Bonchev–Trinajstić information content (AvgIpc) is 2.61. The Hall–Kier alpha value is -0.830. The Morgan fingerprint density at radius 1 is 1.50 bits per heavy atom. The molecule has 1 aromatic heterocycles. The second-order valence-electron chi connectivity index (χ2n) is 2.02. The van der Waals surface area contributed by atoms with E-state index in [1.807, 2.05) is 13.8 Å². The van der Waals surface area contributed by atoms with E-state index in [1.54, 1.807) is 19.6 Å². The minimum atomic E-state index is 0.766. The van der Waals surface area contributed by atoms with Crippen LogP contribution in [0, 0.1) is 0 Å². The summed E-state index contributed by atoms with van der Waals surface area (Å²) in [6.07, 6.45) is 5.07. The quantitative estimate of drug-likeness (QED) is 0.652. The zero-order chi connectivity index (χ0) is 9.23. The molecule has 0 saturated heterocycles. The topological polar surface area (TPSA) is 35.3 Å². The minimum absolute atomic E-state index is 0.766. The number of hydrogen-bond acceptors (Lipinski definition) is 3. The molecule has 0 aliphatic rings. The molecule has 0 spiro atoms. The summed E-state index contributed by atoms with van der Waals surface area (Å²) >= 11 is 0. The van der Waals surface area contributed by atoms with E-state index < -0.39 is 0 Å². The highest BCUT2D eigenvalue weighted by atomic mass is 16.5. The molecule has 0 fully saturated rings. The highest BCUT2D eigenvalue weighted by molar-refractivity contribution is 4.79. The second-order valence-corrected chi connectivity index (χ2v) is 2.02. The number of aromatic nitrogens is 1. The molecule has 0 aliphatic carbocycles. The van der Waals surface area contributed by atoms with Crippen LogP contribution in [0.5, 0.6) is 0 Å². The molecule has 0 amide bonds. The first-order chi connectivity index (χ1) is 5.93. The predicted octanol–water partition coefficient (Wildman–Crippen LogP) is 2.28. The summed E-state index contributed by atoms with van der Waals surface area (Å²) in [6, 6.07) is 0. The van der Waals surface area contributed by atoms with Crippen LogP contribution in [0.2, 0.25) is 0 Å². The van der Waals surface area contributed by atoms with Gasteiger partial charge in [0.25, 0.3) is 0 Å². The zero-order valence-corrected chi connectivity index (χ0v) is 8.04. The van der Waals surface area contributed by atoms with Gasteiger partial charge in [-0.15, -0.1) is 0 Å². The standard InChI is InChI=1S/C7H11NO2.C2H6/c1-9-5-2-3-7-8-4-6-10-7;1-2/h4,6H,2-3,5H2,1H3;1-2H3. The van der Waals surface area contributed by atoms with Gasteiger partial charge in [0, 0.05) is 20.1 Å². The number of rotatable bonds is 4. The van der Waals surface area contributed by atoms with Gasteiger partial charge in [-0.2, -0.15) is 0 Å². The Balaban J connectivity index is 0.000000561. The minimum Gasteiger partial charge on any atom is -0.449 e. The van der Waals surface area contributed by atoms with Crippen LogP contribution in [-0.2, 0) is 11.2 Å². The van der Waals surface area contributed by atoms with Crippen molar-refractivity contribution in [2.75, 3.05) is 13.7 Å². The summed E-state index contributed by atoms with van der Waals surface area (Å²) in [6.45, 7) is 4.77. The van der Waals surface area contributed by atoms with Crippen molar-refractivity contribution in [3.8, 4) is 0 Å². The summed E-state index contributed by atoms with van der Waals surface area (Å²) in [4.78, 5) is 3.97. The smallest absolute Gasteiger partial charge is 0.193 e. The first-order valence-corrected chi connectivity index (χ1v) is 4.31. The van der Waals surface area contributed by atoms with Gasteiger partial charge in [-0.3, -0.25) is 0 Å². The molecule has 3 heteroatoms. The lowest BCUT2D eigenvalue weighted by molar-refractivity contribution is 0.193. The normalized spacial score (nSPS) is 8.92. The molecule has 0 bridgehead atoms. The van der Waals surface area contributed by atoms with Gasteiger partial charge in [0.05, 0.1) is 6.20 Å². The Morgan fingerprint density at radius 3 is 2.75 bits per heavy atom. The molecule has 0 atom stereocenters. The molecule has 0 aromatic carbocycles. The Bertz CT molecular complexity index is 161. The maximum absolute atomic E-state index is 5.01. The van der Waals surface area contributed by atoms with Crippen LogP contribution in [0.4, 0.5) is 0 Å². The first-order valence-electron chi connectivity index (χ1n) is 4.31. The molecule has 0 unspecified atom stereocenters. The molecule has 0 radical (unpaired) electrons. The van der Waals surface area contributed by atoms with Crippen molar-refractivity contribution in [3.63, 3.8) is 0 Å². The van der Waals surface area contributed by atoms with Crippen LogP contribution in [0.25, 0.3) is 0 Å². The number of hydrogen-bond donors (Lipinski definition) is 0. The highest BCUT2D eigenvalue weighted by Gasteiger charge is 1.94. The van der Waals surface area contributed by atoms with Crippen molar-refractivity contribution in [3.05, 3.63) is 18.4 Å². The van der Waals surface area contributed by atoms with Gasteiger partial charge in [0.1, 0.15) is 6.26 Å². The van der Waals surface area contributed by atoms with E-state index >= 15 is 0 Å². The van der Waals surface area contributed by atoms with Crippen molar-refractivity contribution in [2.24, 2.45) is 0 Å². The number of oxazole rings is 1. The van der Waals surface area contributed by atoms with Crippen molar-refractivity contribution >= 4 is 0 Å². The number of methoxy groups -OCH3 is 1. The number of nitrogens with zero attached hydrogens (tertiary/aromatic N) is 1. The van der Waals surface area contributed by atoms with Gasteiger partial charge in [-0.1, -0.05) is 13.8 Å². The third-order valence-corrected chi connectivity index (χ3v) is 1.22. The van der Waals surface area contributed by atoms with Gasteiger partial charge in [0.2, 0.25) is 0 Å². The SMILES string of the molecule is CC.COCCCc1ncco1. The maximum atomic E-state index is 5.01. The predicted molar refractivity (Wildman–Crippen MR) is 48.0 cm³/mol. The van der Waals surface area contributed by atoms with E-state index in [4.69, 9.17) is 9.15 Å². The van der Waals surface area contributed by atoms with Crippen LogP contribution in [0.3, 0.4) is 0 Å². The lowest BCUT2D eigenvalue weighted by Crippen LogP contribution is -1.91. The fraction of sp³-hybridized carbons (Fsp3) is 0.667. The molecule has 0 saturated carbocycles. The summed E-state index contributed by atoms with van der Waals surface area (Å²) < 4.78 is 9.88. The second kappa shape index (κ2) is 8.27. The molecule has 0 aliphatic heterocycles. The van der Waals surface area contributed by atoms with Crippen LogP contribution in [-0.4, -0.2) is 18.7 Å². The lowest BCUT2D eigenvalue weighted by atomic mass is 10.3. The van der Waals surface area contributed by atoms with E-state index in [1.165, 1.54) is 0 Å². The van der Waals surface area contributed by atoms with Crippen molar-refractivity contribution < 1.29 is 9.15 Å². The summed E-state index contributed by atoms with van der Waals surface area (Å²) in [5, 5.41) is 0. The highest BCUT2D eigenvalue weighted by Crippen LogP contribution is 1.98. The summed E-state index contributed by atoms with van der Waals surface area (Å²) in [5.74, 6) is 0.789. The Kier molecular flexibility index (Phi) is 7.70. The van der Waals surface area contributed by atoms with Gasteiger partial charge in [-0.25, -0.2) is 4.98 Å². The molecule has 0 N–H and O–H groups in total. The molecule has 1 aromatic rings. The molecule has 70 valence electrons. The van der Waals surface area contributed by atoms with Crippen LogP contribution in [0.1, 0.15) is 26.2 Å². The van der Waals surface area contributed by atoms with E-state index in [-0.39, 0.29) is 0 Å². The Labute approximate surface area is 73.8 Å². The van der Waals surface area contributed by atoms with E-state index in [0.717, 1.165) is 25.3 Å². The third kappa shape index (κ3) is 4.91. The molecule has 3 nitrogen and oxygen atoms in total. The van der Waals surface area contributed by atoms with E-state index in [2.05, 4.69) is 4.98 Å². The van der Waals surface area contributed by atoms with Crippen LogP contribution >= 0.6 is 0 Å². The van der Waals surface area contributed by atoms with Gasteiger partial charge >= 0.3 is 0 Å². The lowest BCUT2D eigenvalue weighted by Gasteiger charge is -1.93. The van der Waals surface area contributed by atoms with Gasteiger partial charge in [0.15, 0.2) is 5.89 Å². The molecular formula is C9H17NO2. The summed E-state index contributed by atoms with van der Waals surface area (Å²) in [7, 11) is 1.69. The van der Waals surface area contributed by atoms with Gasteiger partial charge in [-0.05, 0) is 6.42 Å². The third-order valence-electron chi connectivity index (χ3n) is 1.22. The number of ether oxygens (including phenoxy) is 1. The van der Waals surface area contributed by atoms with Crippen LogP contribution in [0.15, 0.2) is 16.9 Å². The largest absolute Gasteiger partial charge is 0.449 e.